The van der Waals surface area contributed by atoms with Gasteiger partial charge in [0.2, 0.25) is 0 Å². The van der Waals surface area contributed by atoms with E-state index in [0.717, 1.165) is 15.7 Å². The number of halogens is 2. The van der Waals surface area contributed by atoms with Crippen LogP contribution in [0.15, 0.2) is 67.0 Å². The number of amides is 1. The largest absolute Gasteiger partial charge is 0.322 e. The molecular weight excluding hydrogens is 435 g/mol. The summed E-state index contributed by atoms with van der Waals surface area (Å²) in [6.45, 7) is 0. The first-order chi connectivity index (χ1) is 11.6. The summed E-state index contributed by atoms with van der Waals surface area (Å²) in [4.78, 5) is 16.4. The van der Waals surface area contributed by atoms with E-state index in [4.69, 9.17) is 11.6 Å². The van der Waals surface area contributed by atoms with Gasteiger partial charge in [0.05, 0.1) is 10.6 Å². The van der Waals surface area contributed by atoms with E-state index in [-0.39, 0.29) is 5.91 Å². The highest BCUT2D eigenvalue weighted by molar-refractivity contribution is 14.1. The van der Waals surface area contributed by atoms with E-state index in [9.17, 15) is 4.79 Å². The highest BCUT2D eigenvalue weighted by Crippen LogP contribution is 2.21. The Hall–Kier alpha value is -1.92. The van der Waals surface area contributed by atoms with Gasteiger partial charge in [0.25, 0.3) is 5.91 Å². The van der Waals surface area contributed by atoms with Gasteiger partial charge in [-0.3, -0.25) is 9.78 Å². The van der Waals surface area contributed by atoms with E-state index < -0.39 is 0 Å². The number of nitrogens with zero attached hydrogens (tertiary/aromatic N) is 1. The van der Waals surface area contributed by atoms with Gasteiger partial charge in [-0.1, -0.05) is 23.7 Å². The Bertz CT molecular complexity index is 851. The van der Waals surface area contributed by atoms with Crippen LogP contribution in [0.2, 0.25) is 5.02 Å². The van der Waals surface area contributed by atoms with Gasteiger partial charge >= 0.3 is 0 Å². The average molecular weight is 449 g/mol. The van der Waals surface area contributed by atoms with Crippen molar-refractivity contribution in [1.29, 1.82) is 0 Å². The summed E-state index contributed by atoms with van der Waals surface area (Å²) in [5.74, 6) is -0.208. The van der Waals surface area contributed by atoms with Crippen LogP contribution in [0.5, 0.6) is 0 Å². The molecule has 0 atom stereocenters. The van der Waals surface area contributed by atoms with E-state index >= 15 is 0 Å². The fourth-order valence-electron chi connectivity index (χ4n) is 2.31. The van der Waals surface area contributed by atoms with Crippen LogP contribution in [0, 0.1) is 3.57 Å². The number of aromatic nitrogens is 1. The molecule has 0 aliphatic heterocycles. The number of benzene rings is 2. The molecule has 1 heterocycles. The Morgan fingerprint density at radius 2 is 1.67 bits per heavy atom. The number of hydrogen-bond acceptors (Lipinski definition) is 2. The molecule has 0 spiro atoms. The fraction of sp³-hybridized carbons (Fsp3) is 0.0526. The Balaban J connectivity index is 1.70. The molecule has 5 heteroatoms. The zero-order chi connectivity index (χ0) is 16.9. The first-order valence-electron chi connectivity index (χ1n) is 7.36. The summed E-state index contributed by atoms with van der Waals surface area (Å²) < 4.78 is 0.967. The highest BCUT2D eigenvalue weighted by Gasteiger charge is 2.11. The Kier molecular flexibility index (Phi) is 5.48. The minimum atomic E-state index is -0.208. The maximum absolute atomic E-state index is 12.4. The van der Waals surface area contributed by atoms with Crippen molar-refractivity contribution in [2.24, 2.45) is 0 Å². The summed E-state index contributed by atoms with van der Waals surface area (Å²) in [7, 11) is 0. The predicted molar refractivity (Wildman–Crippen MR) is 106 cm³/mol. The van der Waals surface area contributed by atoms with Crippen molar-refractivity contribution in [2.75, 3.05) is 5.32 Å². The topological polar surface area (TPSA) is 42.0 Å². The van der Waals surface area contributed by atoms with Crippen LogP contribution in [0.3, 0.4) is 0 Å². The van der Waals surface area contributed by atoms with Crippen LogP contribution in [0.4, 0.5) is 5.69 Å². The zero-order valence-corrected chi connectivity index (χ0v) is 15.6. The van der Waals surface area contributed by atoms with Gasteiger partial charge in [0, 0.05) is 21.7 Å². The van der Waals surface area contributed by atoms with Gasteiger partial charge in [0.1, 0.15) is 0 Å². The molecule has 1 N–H and O–H groups in total. The Morgan fingerprint density at radius 1 is 1.00 bits per heavy atom. The van der Waals surface area contributed by atoms with Crippen molar-refractivity contribution in [3.8, 4) is 0 Å². The maximum Gasteiger partial charge on any atom is 0.257 e. The van der Waals surface area contributed by atoms with Crippen molar-refractivity contribution in [3.05, 3.63) is 92.3 Å². The number of nitrogens with one attached hydrogen (secondary N) is 1. The second kappa shape index (κ2) is 7.77. The van der Waals surface area contributed by atoms with Crippen LogP contribution in [-0.2, 0) is 6.42 Å². The molecule has 3 rings (SSSR count). The molecule has 0 aliphatic rings. The molecule has 24 heavy (non-hydrogen) atoms. The minimum absolute atomic E-state index is 0.208. The molecule has 3 aromatic rings. The third kappa shape index (κ3) is 4.33. The molecule has 1 aromatic heterocycles. The third-order valence-corrected chi connectivity index (χ3v) is 4.54. The second-order valence-corrected chi connectivity index (χ2v) is 6.96. The molecule has 0 saturated heterocycles. The van der Waals surface area contributed by atoms with E-state index in [1.165, 1.54) is 11.1 Å². The maximum atomic E-state index is 12.4. The molecule has 120 valence electrons. The van der Waals surface area contributed by atoms with E-state index in [1.807, 2.05) is 42.5 Å². The van der Waals surface area contributed by atoms with Crippen molar-refractivity contribution in [3.63, 3.8) is 0 Å². The lowest BCUT2D eigenvalue weighted by atomic mass is 10.1. The third-order valence-electron chi connectivity index (χ3n) is 3.54. The van der Waals surface area contributed by atoms with Crippen molar-refractivity contribution in [1.82, 2.24) is 4.98 Å². The van der Waals surface area contributed by atoms with Gasteiger partial charge in [-0.2, -0.15) is 0 Å². The van der Waals surface area contributed by atoms with Crippen molar-refractivity contribution in [2.45, 2.75) is 6.42 Å². The lowest BCUT2D eigenvalue weighted by Gasteiger charge is -2.08. The van der Waals surface area contributed by atoms with Crippen LogP contribution in [-0.4, -0.2) is 10.9 Å². The number of hydrogen-bond donors (Lipinski definition) is 1. The van der Waals surface area contributed by atoms with Crippen LogP contribution in [0.25, 0.3) is 0 Å². The number of pyridine rings is 1. The molecule has 0 saturated carbocycles. The van der Waals surface area contributed by atoms with Gasteiger partial charge < -0.3 is 5.32 Å². The molecule has 1 amide bonds. The number of carbonyl (C=O) groups is 1. The smallest absolute Gasteiger partial charge is 0.257 e. The zero-order valence-electron chi connectivity index (χ0n) is 12.7. The highest BCUT2D eigenvalue weighted by atomic mass is 127. The standard InChI is InChI=1S/C19H14ClIN2O/c20-18-6-3-15(21)12-17(18)19(24)23-16-4-1-13(2-5-16)11-14-7-9-22-10-8-14/h1-10,12H,11H2,(H,23,24). The minimum Gasteiger partial charge on any atom is -0.322 e. The molecule has 3 nitrogen and oxygen atoms in total. The SMILES string of the molecule is O=C(Nc1ccc(Cc2ccncc2)cc1)c1cc(I)ccc1Cl. The van der Waals surface area contributed by atoms with E-state index in [2.05, 4.69) is 32.9 Å². The van der Waals surface area contributed by atoms with Crippen LogP contribution < -0.4 is 5.32 Å². The summed E-state index contributed by atoms with van der Waals surface area (Å²) >= 11 is 8.26. The van der Waals surface area contributed by atoms with Gasteiger partial charge in [-0.05, 0) is 82.6 Å². The first-order valence-corrected chi connectivity index (χ1v) is 8.82. The van der Waals surface area contributed by atoms with Gasteiger partial charge in [-0.15, -0.1) is 0 Å². The first kappa shape index (κ1) is 16.9. The molecule has 2 aromatic carbocycles. The molecule has 0 bridgehead atoms. The molecule has 0 aliphatic carbocycles. The number of anilines is 1. The van der Waals surface area contributed by atoms with E-state index in [0.29, 0.717) is 10.6 Å². The average Bonchev–Trinajstić information content (AvgIpc) is 2.59. The van der Waals surface area contributed by atoms with Crippen molar-refractivity contribution < 1.29 is 4.79 Å². The summed E-state index contributed by atoms with van der Waals surface area (Å²) in [6.07, 6.45) is 4.41. The van der Waals surface area contributed by atoms with Crippen LogP contribution in [0.1, 0.15) is 21.5 Å². The summed E-state index contributed by atoms with van der Waals surface area (Å²) in [5.41, 5.74) is 3.59. The fourth-order valence-corrected chi connectivity index (χ4v) is 3.01. The van der Waals surface area contributed by atoms with Crippen molar-refractivity contribution >= 4 is 45.8 Å². The van der Waals surface area contributed by atoms with Gasteiger partial charge in [0.15, 0.2) is 0 Å². The molecule has 0 unspecified atom stereocenters. The van der Waals surface area contributed by atoms with Crippen LogP contribution >= 0.6 is 34.2 Å². The quantitative estimate of drug-likeness (QED) is 0.559. The van der Waals surface area contributed by atoms with Gasteiger partial charge in [-0.25, -0.2) is 0 Å². The summed E-state index contributed by atoms with van der Waals surface area (Å²) in [6, 6.07) is 17.2. The molecular formula is C19H14ClIN2O. The lowest BCUT2D eigenvalue weighted by Crippen LogP contribution is -2.12. The molecule has 0 fully saturated rings. The predicted octanol–water partition coefficient (Wildman–Crippen LogP) is 5.18. The summed E-state index contributed by atoms with van der Waals surface area (Å²) in [5, 5.41) is 3.33. The normalized spacial score (nSPS) is 10.4. The number of carbonyl (C=O) groups excluding carboxylic acids is 1. The second-order valence-electron chi connectivity index (χ2n) is 5.31. The number of rotatable bonds is 4. The lowest BCUT2D eigenvalue weighted by molar-refractivity contribution is 0.102. The monoisotopic (exact) mass is 448 g/mol. The van der Waals surface area contributed by atoms with E-state index in [1.54, 1.807) is 24.5 Å². The molecule has 0 radical (unpaired) electrons. The Morgan fingerprint density at radius 3 is 2.38 bits per heavy atom. The Labute approximate surface area is 159 Å².